The molecule has 1 aliphatic rings. The Labute approximate surface area is 143 Å². The van der Waals surface area contributed by atoms with Gasteiger partial charge in [-0.2, -0.15) is 13.9 Å². The van der Waals surface area contributed by atoms with Gasteiger partial charge in [0.05, 0.1) is 13.5 Å². The lowest BCUT2D eigenvalue weighted by Crippen LogP contribution is -2.50. The van der Waals surface area contributed by atoms with Gasteiger partial charge in [-0.3, -0.25) is 9.59 Å². The van der Waals surface area contributed by atoms with Crippen LogP contribution in [0.1, 0.15) is 40.5 Å². The highest BCUT2D eigenvalue weighted by Gasteiger charge is 2.59. The van der Waals surface area contributed by atoms with Gasteiger partial charge in [-0.05, 0) is 12.3 Å². The summed E-state index contributed by atoms with van der Waals surface area (Å²) in [5, 5.41) is 2.62. The van der Waals surface area contributed by atoms with Crippen LogP contribution in [0.3, 0.4) is 0 Å². The molecule has 0 aliphatic carbocycles. The molecule has 0 aromatic heterocycles. The molecule has 8 nitrogen and oxygen atoms in total. The van der Waals surface area contributed by atoms with Crippen molar-refractivity contribution in [3.8, 4) is 0 Å². The maximum absolute atomic E-state index is 12.4. The molecule has 1 saturated heterocycles. The molecule has 2 atom stereocenters. The van der Waals surface area contributed by atoms with Gasteiger partial charge in [-0.1, -0.05) is 27.7 Å². The number of hydrogen-bond acceptors (Lipinski definition) is 7. The number of esters is 1. The molecule has 0 bridgehead atoms. The van der Waals surface area contributed by atoms with Gasteiger partial charge in [0, 0.05) is 12.0 Å². The van der Waals surface area contributed by atoms with Crippen LogP contribution in [0, 0.1) is 11.3 Å². The van der Waals surface area contributed by atoms with Gasteiger partial charge in [0.15, 0.2) is 6.10 Å². The minimum Gasteiger partial charge on any atom is -0.469 e. The molecule has 1 rings (SSSR count). The third kappa shape index (κ3) is 6.61. The molecule has 1 unspecified atom stereocenters. The van der Waals surface area contributed by atoms with E-state index in [1.54, 1.807) is 13.8 Å². The van der Waals surface area contributed by atoms with Crippen LogP contribution in [0.15, 0.2) is 0 Å². The van der Waals surface area contributed by atoms with E-state index in [2.05, 4.69) is 10.1 Å². The smallest absolute Gasteiger partial charge is 0.469 e. The van der Waals surface area contributed by atoms with Crippen LogP contribution in [-0.4, -0.2) is 49.7 Å². The zero-order valence-electron chi connectivity index (χ0n) is 15.0. The Morgan fingerprint density at radius 2 is 2.08 bits per heavy atom. The molecule has 0 spiro atoms. The van der Waals surface area contributed by atoms with Crippen LogP contribution in [0.4, 0.5) is 0 Å². The van der Waals surface area contributed by atoms with Crippen molar-refractivity contribution in [3.05, 3.63) is 0 Å². The highest BCUT2D eigenvalue weighted by atomic mass is 31.2. The highest BCUT2D eigenvalue weighted by molar-refractivity contribution is 7.55. The van der Waals surface area contributed by atoms with Crippen molar-refractivity contribution in [2.75, 3.05) is 26.9 Å². The van der Waals surface area contributed by atoms with E-state index in [0.717, 1.165) is 6.42 Å². The van der Waals surface area contributed by atoms with Crippen molar-refractivity contribution in [1.82, 2.24) is 5.32 Å². The predicted octanol–water partition coefficient (Wildman–Crippen LogP) is 1.84. The maximum Gasteiger partial charge on any atom is 0.573 e. The summed E-state index contributed by atoms with van der Waals surface area (Å²) >= 11 is 0. The molecule has 1 fully saturated rings. The number of amides is 1. The van der Waals surface area contributed by atoms with Crippen LogP contribution in [-0.2, 0) is 27.9 Å². The normalized spacial score (nSPS) is 26.2. The average molecular weight is 366 g/mol. The first-order valence-corrected chi connectivity index (χ1v) is 9.53. The lowest BCUT2D eigenvalue weighted by atomic mass is 9.87. The first kappa shape index (κ1) is 21.3. The van der Waals surface area contributed by atoms with Crippen molar-refractivity contribution < 1.29 is 32.8 Å². The fourth-order valence-corrected chi connectivity index (χ4v) is 3.66. The summed E-state index contributed by atoms with van der Waals surface area (Å²) in [6, 6.07) is 0. The third-order valence-corrected chi connectivity index (χ3v) is 5.03. The number of hydrogen-bond donors (Lipinski definition) is 2. The van der Waals surface area contributed by atoms with Crippen LogP contribution < -0.4 is 5.32 Å². The molecule has 140 valence electrons. The molecule has 9 heteroatoms. The molecule has 1 aliphatic heterocycles. The zero-order valence-corrected chi connectivity index (χ0v) is 15.9. The maximum atomic E-state index is 12.4. The Balaban J connectivity index is 2.61. The standard InChI is InChI=1S/C15H28NO7P/c1-11(2)7-9-21-24(19)22-10-15(3,4)13(23-24)14(18)16-8-6-12(17)20-5/h11,13,19H,6-10H2,1-5H3/p+1/t13-,24?/m0/s1. The second-order valence-electron chi connectivity index (χ2n) is 6.85. The zero-order chi connectivity index (χ0) is 18.4. The van der Waals surface area contributed by atoms with E-state index in [1.807, 2.05) is 13.8 Å². The molecule has 24 heavy (non-hydrogen) atoms. The van der Waals surface area contributed by atoms with Crippen LogP contribution in [0.5, 0.6) is 0 Å². The summed E-state index contributed by atoms with van der Waals surface area (Å²) in [4.78, 5) is 33.8. The molecule has 0 aromatic carbocycles. The van der Waals surface area contributed by atoms with E-state index in [9.17, 15) is 14.5 Å². The largest absolute Gasteiger partial charge is 0.573 e. The van der Waals surface area contributed by atoms with Gasteiger partial charge >= 0.3 is 14.1 Å². The lowest BCUT2D eigenvalue weighted by Gasteiger charge is -2.36. The second kappa shape index (κ2) is 9.06. The van der Waals surface area contributed by atoms with Crippen molar-refractivity contribution >= 4 is 20.0 Å². The van der Waals surface area contributed by atoms with Gasteiger partial charge < -0.3 is 10.1 Å². The van der Waals surface area contributed by atoms with E-state index in [0.29, 0.717) is 12.5 Å². The fraction of sp³-hybridized carbons (Fsp3) is 0.867. The minimum atomic E-state index is -3.52. The van der Waals surface area contributed by atoms with Crippen molar-refractivity contribution in [2.24, 2.45) is 11.3 Å². The van der Waals surface area contributed by atoms with Gasteiger partial charge in [0.25, 0.3) is 5.91 Å². The van der Waals surface area contributed by atoms with E-state index in [1.165, 1.54) is 7.11 Å². The van der Waals surface area contributed by atoms with Crippen LogP contribution in [0.2, 0.25) is 0 Å². The number of methoxy groups -OCH3 is 1. The van der Waals surface area contributed by atoms with E-state index in [-0.39, 0.29) is 19.6 Å². The van der Waals surface area contributed by atoms with E-state index >= 15 is 0 Å². The first-order chi connectivity index (χ1) is 11.1. The van der Waals surface area contributed by atoms with E-state index in [4.69, 9.17) is 13.6 Å². The fourth-order valence-electron chi connectivity index (χ4n) is 1.99. The van der Waals surface area contributed by atoms with Crippen LogP contribution >= 0.6 is 8.17 Å². The summed E-state index contributed by atoms with van der Waals surface area (Å²) in [5.41, 5.74) is -0.636. The number of rotatable bonds is 8. The number of nitrogens with one attached hydrogen (secondary N) is 1. The molecular weight excluding hydrogens is 337 g/mol. The Morgan fingerprint density at radius 3 is 2.67 bits per heavy atom. The SMILES string of the molecule is COC(=O)CCNC(=O)[C@@H]1O[P+](O)(OCCC(C)C)OCC1(C)C. The predicted molar refractivity (Wildman–Crippen MR) is 88.8 cm³/mol. The Morgan fingerprint density at radius 1 is 1.42 bits per heavy atom. The van der Waals surface area contributed by atoms with Crippen LogP contribution in [0.25, 0.3) is 0 Å². The molecular formula is C15H29NO7P+. The Kier molecular flexibility index (Phi) is 8.02. The topological polar surface area (TPSA) is 103 Å². The molecule has 2 N–H and O–H groups in total. The number of carbonyl (C=O) groups excluding carboxylic acids is 2. The Bertz CT molecular complexity index is 444. The molecule has 0 saturated carbocycles. The van der Waals surface area contributed by atoms with Gasteiger partial charge in [0.1, 0.15) is 13.2 Å². The third-order valence-electron chi connectivity index (χ3n) is 3.59. The van der Waals surface area contributed by atoms with Gasteiger partial charge in [-0.25, -0.2) is 0 Å². The quantitative estimate of drug-likeness (QED) is 0.499. The monoisotopic (exact) mass is 366 g/mol. The summed E-state index contributed by atoms with van der Waals surface area (Å²) in [5.74, 6) is -0.420. The minimum absolute atomic E-state index is 0.0657. The summed E-state index contributed by atoms with van der Waals surface area (Å²) < 4.78 is 20.8. The van der Waals surface area contributed by atoms with E-state index < -0.39 is 31.6 Å². The summed E-state index contributed by atoms with van der Waals surface area (Å²) in [7, 11) is -2.23. The number of ether oxygens (including phenoxy) is 1. The molecule has 0 aromatic rings. The second-order valence-corrected chi connectivity index (χ2v) is 8.51. The molecule has 0 radical (unpaired) electrons. The van der Waals surface area contributed by atoms with Gasteiger partial charge in [0.2, 0.25) is 0 Å². The van der Waals surface area contributed by atoms with Crippen molar-refractivity contribution in [2.45, 2.75) is 46.6 Å². The average Bonchev–Trinajstić information content (AvgIpc) is 2.49. The van der Waals surface area contributed by atoms with Crippen molar-refractivity contribution in [3.63, 3.8) is 0 Å². The highest BCUT2D eigenvalue weighted by Crippen LogP contribution is 2.64. The van der Waals surface area contributed by atoms with Crippen molar-refractivity contribution in [1.29, 1.82) is 0 Å². The van der Waals surface area contributed by atoms with Gasteiger partial charge in [-0.15, -0.1) is 4.52 Å². The summed E-state index contributed by atoms with van der Waals surface area (Å²) in [6.07, 6.45) is -0.119. The Hall–Kier alpha value is -0.790. The number of carbonyl (C=O) groups is 2. The molecule has 1 heterocycles. The first-order valence-electron chi connectivity index (χ1n) is 8.03. The molecule has 1 amide bonds. The summed E-state index contributed by atoms with van der Waals surface area (Å²) in [6.45, 7) is 8.23. The lowest BCUT2D eigenvalue weighted by molar-refractivity contribution is -0.144.